The van der Waals surface area contributed by atoms with E-state index in [4.69, 9.17) is 4.74 Å². The van der Waals surface area contributed by atoms with Gasteiger partial charge in [-0.2, -0.15) is 0 Å². The second kappa shape index (κ2) is 8.69. The maximum absolute atomic E-state index is 13.2. The molecule has 3 rings (SSSR count). The first kappa shape index (κ1) is 20.9. The van der Waals surface area contributed by atoms with Gasteiger partial charge in [-0.1, -0.05) is 59.7 Å². The molecule has 0 aliphatic carbocycles. The van der Waals surface area contributed by atoms with E-state index in [9.17, 15) is 19.7 Å². The number of benzene rings is 3. The van der Waals surface area contributed by atoms with Crippen molar-refractivity contribution in [2.24, 2.45) is 0 Å². The fourth-order valence-corrected chi connectivity index (χ4v) is 3.05. The average Bonchev–Trinajstić information content (AvgIpc) is 2.72. The van der Waals surface area contributed by atoms with E-state index in [1.54, 1.807) is 31.2 Å². The Morgan fingerprint density at radius 2 is 1.37 bits per heavy atom. The smallest absolute Gasteiger partial charge is 0.339 e. The van der Waals surface area contributed by atoms with Crippen molar-refractivity contribution in [2.45, 2.75) is 26.9 Å². The average molecular weight is 403 g/mol. The minimum Gasteiger partial charge on any atom is -0.445 e. The van der Waals surface area contributed by atoms with Gasteiger partial charge in [0, 0.05) is 22.8 Å². The summed E-state index contributed by atoms with van der Waals surface area (Å²) < 4.78 is 5.61. The van der Waals surface area contributed by atoms with E-state index < -0.39 is 17.0 Å². The van der Waals surface area contributed by atoms with Crippen molar-refractivity contribution in [3.8, 4) is 0 Å². The number of aryl methyl sites for hydroxylation is 3. The van der Waals surface area contributed by atoms with E-state index in [0.717, 1.165) is 11.1 Å². The highest BCUT2D eigenvalue weighted by atomic mass is 16.6. The molecule has 0 aliphatic rings. The first-order chi connectivity index (χ1) is 14.3. The van der Waals surface area contributed by atoms with Crippen LogP contribution < -0.4 is 0 Å². The Kier molecular flexibility index (Phi) is 6.06. The van der Waals surface area contributed by atoms with Gasteiger partial charge < -0.3 is 4.74 Å². The molecule has 0 aromatic heterocycles. The number of carbonyl (C=O) groups is 2. The zero-order valence-corrected chi connectivity index (χ0v) is 16.9. The predicted molar refractivity (Wildman–Crippen MR) is 113 cm³/mol. The number of carbonyl (C=O) groups excluding carboxylic acids is 2. The Labute approximate surface area is 174 Å². The summed E-state index contributed by atoms with van der Waals surface area (Å²) in [7, 11) is 0. The van der Waals surface area contributed by atoms with Gasteiger partial charge in [-0.05, 0) is 32.9 Å². The molecule has 0 N–H and O–H groups in total. The number of nitro groups is 1. The number of esters is 1. The normalized spacial score (nSPS) is 11.6. The first-order valence-electron chi connectivity index (χ1n) is 9.39. The molecular formula is C24H21NO5. The van der Waals surface area contributed by atoms with Crippen LogP contribution in [-0.4, -0.2) is 16.7 Å². The third-order valence-corrected chi connectivity index (χ3v) is 4.81. The Bertz CT molecular complexity index is 1100. The van der Waals surface area contributed by atoms with Crippen molar-refractivity contribution in [1.29, 1.82) is 0 Å². The van der Waals surface area contributed by atoms with Crippen LogP contribution in [-0.2, 0) is 4.74 Å². The van der Waals surface area contributed by atoms with Crippen LogP contribution in [0.4, 0.5) is 5.69 Å². The van der Waals surface area contributed by atoms with Gasteiger partial charge in [-0.3, -0.25) is 14.9 Å². The van der Waals surface area contributed by atoms with E-state index in [1.807, 2.05) is 38.1 Å². The fraction of sp³-hybridized carbons (Fsp3) is 0.167. The largest absolute Gasteiger partial charge is 0.445 e. The molecule has 30 heavy (non-hydrogen) atoms. The number of rotatable bonds is 6. The number of nitrogens with zero attached hydrogens (tertiary/aromatic N) is 1. The SMILES string of the molecule is Cc1ccc(C(=O)[C@@H](OC(=O)c2ccc([N+](=O)[O-])c(C)c2)c2ccc(C)cc2)cc1. The molecule has 0 heterocycles. The van der Waals surface area contributed by atoms with Crippen LogP contribution in [0.25, 0.3) is 0 Å². The maximum atomic E-state index is 13.2. The van der Waals surface area contributed by atoms with Gasteiger partial charge in [0.05, 0.1) is 10.5 Å². The van der Waals surface area contributed by atoms with Crippen LogP contribution >= 0.6 is 0 Å². The molecule has 152 valence electrons. The summed E-state index contributed by atoms with van der Waals surface area (Å²) in [6.07, 6.45) is -1.13. The minimum absolute atomic E-state index is 0.0858. The highest BCUT2D eigenvalue weighted by Gasteiger charge is 2.27. The molecule has 0 saturated carbocycles. The molecule has 0 radical (unpaired) electrons. The maximum Gasteiger partial charge on any atom is 0.339 e. The monoisotopic (exact) mass is 403 g/mol. The van der Waals surface area contributed by atoms with E-state index in [1.165, 1.54) is 18.2 Å². The Hall–Kier alpha value is -3.80. The van der Waals surface area contributed by atoms with Crippen molar-refractivity contribution < 1.29 is 19.2 Å². The third kappa shape index (κ3) is 4.60. The van der Waals surface area contributed by atoms with E-state index in [0.29, 0.717) is 16.7 Å². The van der Waals surface area contributed by atoms with Crippen LogP contribution in [0.2, 0.25) is 0 Å². The topological polar surface area (TPSA) is 86.5 Å². The van der Waals surface area contributed by atoms with Gasteiger partial charge in [0.25, 0.3) is 5.69 Å². The summed E-state index contributed by atoms with van der Waals surface area (Å²) in [6.45, 7) is 5.39. The van der Waals surface area contributed by atoms with E-state index in [2.05, 4.69) is 0 Å². The summed E-state index contributed by atoms with van der Waals surface area (Å²) in [4.78, 5) is 36.4. The molecule has 0 amide bonds. The standard InChI is InChI=1S/C24H21NO5/c1-15-4-8-18(9-5-15)22(26)23(19-10-6-16(2)7-11-19)30-24(27)20-12-13-21(25(28)29)17(3)14-20/h4-14,23H,1-3H3/t23-/m0/s1. The number of hydrogen-bond acceptors (Lipinski definition) is 5. The third-order valence-electron chi connectivity index (χ3n) is 4.81. The number of hydrogen-bond donors (Lipinski definition) is 0. The summed E-state index contributed by atoms with van der Waals surface area (Å²) in [5.74, 6) is -1.06. The Balaban J connectivity index is 1.94. The first-order valence-corrected chi connectivity index (χ1v) is 9.39. The number of ketones is 1. The van der Waals surface area contributed by atoms with Gasteiger partial charge in [0.2, 0.25) is 5.78 Å². The Morgan fingerprint density at radius 3 is 1.90 bits per heavy atom. The Morgan fingerprint density at radius 1 is 0.833 bits per heavy atom. The molecule has 6 nitrogen and oxygen atoms in total. The molecule has 6 heteroatoms. The van der Waals surface area contributed by atoms with Gasteiger partial charge in [0.15, 0.2) is 6.10 Å². The van der Waals surface area contributed by atoms with Crippen LogP contribution in [0.3, 0.4) is 0 Å². The lowest BCUT2D eigenvalue weighted by Gasteiger charge is -2.18. The van der Waals surface area contributed by atoms with E-state index >= 15 is 0 Å². The van der Waals surface area contributed by atoms with E-state index in [-0.39, 0.29) is 17.0 Å². The lowest BCUT2D eigenvalue weighted by atomic mass is 9.98. The van der Waals surface area contributed by atoms with Gasteiger partial charge in [0.1, 0.15) is 0 Å². The van der Waals surface area contributed by atoms with Crippen molar-refractivity contribution in [3.05, 3.63) is 110 Å². The number of nitro benzene ring substituents is 1. The molecule has 3 aromatic rings. The zero-order valence-electron chi connectivity index (χ0n) is 16.9. The predicted octanol–water partition coefficient (Wildman–Crippen LogP) is 5.30. The lowest BCUT2D eigenvalue weighted by molar-refractivity contribution is -0.385. The van der Waals surface area contributed by atoms with Crippen LogP contribution in [0, 0.1) is 30.9 Å². The minimum atomic E-state index is -1.13. The molecule has 0 aliphatic heterocycles. The highest BCUT2D eigenvalue weighted by Crippen LogP contribution is 2.26. The fourth-order valence-electron chi connectivity index (χ4n) is 3.05. The molecule has 1 atom stereocenters. The van der Waals surface area contributed by atoms with Crippen molar-refractivity contribution in [2.75, 3.05) is 0 Å². The second-order valence-corrected chi connectivity index (χ2v) is 7.18. The summed E-state index contributed by atoms with van der Waals surface area (Å²) in [6, 6.07) is 18.2. The summed E-state index contributed by atoms with van der Waals surface area (Å²) >= 11 is 0. The molecular weight excluding hydrogens is 382 g/mol. The zero-order chi connectivity index (χ0) is 21.8. The molecule has 0 spiro atoms. The molecule has 0 unspecified atom stereocenters. The van der Waals surface area contributed by atoms with Gasteiger partial charge in [-0.15, -0.1) is 0 Å². The molecule has 0 fully saturated rings. The molecule has 0 bridgehead atoms. The van der Waals surface area contributed by atoms with Crippen molar-refractivity contribution in [1.82, 2.24) is 0 Å². The molecule has 0 saturated heterocycles. The van der Waals surface area contributed by atoms with Crippen molar-refractivity contribution in [3.63, 3.8) is 0 Å². The van der Waals surface area contributed by atoms with Gasteiger partial charge in [-0.25, -0.2) is 4.79 Å². The second-order valence-electron chi connectivity index (χ2n) is 7.18. The lowest BCUT2D eigenvalue weighted by Crippen LogP contribution is -2.20. The van der Waals surface area contributed by atoms with Crippen LogP contribution in [0.1, 0.15) is 49.1 Å². The summed E-state index contributed by atoms with van der Waals surface area (Å²) in [5, 5.41) is 11.0. The van der Waals surface area contributed by atoms with Crippen molar-refractivity contribution >= 4 is 17.4 Å². The highest BCUT2D eigenvalue weighted by molar-refractivity contribution is 6.02. The van der Waals surface area contributed by atoms with Gasteiger partial charge >= 0.3 is 5.97 Å². The number of Topliss-reactive ketones (excluding diaryl/α,β-unsaturated/α-hetero) is 1. The summed E-state index contributed by atoms with van der Waals surface area (Å²) in [5.41, 5.74) is 3.40. The molecule has 3 aromatic carbocycles. The van der Waals surface area contributed by atoms with Crippen LogP contribution in [0.5, 0.6) is 0 Å². The van der Waals surface area contributed by atoms with Crippen LogP contribution in [0.15, 0.2) is 66.7 Å². The quantitative estimate of drug-likeness (QED) is 0.241. The number of ether oxygens (including phenoxy) is 1.